The first-order valence-electron chi connectivity index (χ1n) is 5.65. The second kappa shape index (κ2) is 5.74. The van der Waals surface area contributed by atoms with Crippen LogP contribution < -0.4 is 16.7 Å². The van der Waals surface area contributed by atoms with Crippen LogP contribution in [0.4, 0.5) is 5.69 Å². The van der Waals surface area contributed by atoms with Crippen molar-refractivity contribution in [1.29, 1.82) is 0 Å². The van der Waals surface area contributed by atoms with Gasteiger partial charge in [0.2, 0.25) is 5.88 Å². The fraction of sp³-hybridized carbons (Fsp3) is 0. The van der Waals surface area contributed by atoms with Crippen molar-refractivity contribution < 1.29 is 15.0 Å². The molecule has 21 heavy (non-hydrogen) atoms. The van der Waals surface area contributed by atoms with Crippen LogP contribution in [0.2, 0.25) is 0 Å². The van der Waals surface area contributed by atoms with E-state index >= 15 is 0 Å². The molecule has 0 aliphatic heterocycles. The van der Waals surface area contributed by atoms with Crippen molar-refractivity contribution in [3.63, 3.8) is 0 Å². The van der Waals surface area contributed by atoms with Crippen LogP contribution in [0.15, 0.2) is 39.0 Å². The van der Waals surface area contributed by atoms with Gasteiger partial charge in [0.25, 0.3) is 5.56 Å². The van der Waals surface area contributed by atoms with Crippen LogP contribution in [0.5, 0.6) is 5.88 Å². The van der Waals surface area contributed by atoms with E-state index in [1.54, 1.807) is 0 Å². The molecule has 108 valence electrons. The van der Waals surface area contributed by atoms with Crippen LogP contribution in [0.3, 0.4) is 0 Å². The molecule has 1 aromatic carbocycles. The van der Waals surface area contributed by atoms with Crippen LogP contribution >= 0.6 is 0 Å². The Morgan fingerprint density at radius 2 is 1.86 bits per heavy atom. The highest BCUT2D eigenvalue weighted by Crippen LogP contribution is 2.09. The van der Waals surface area contributed by atoms with E-state index in [1.165, 1.54) is 24.3 Å². The summed E-state index contributed by atoms with van der Waals surface area (Å²) >= 11 is 0. The lowest BCUT2D eigenvalue weighted by Gasteiger charge is -2.01. The van der Waals surface area contributed by atoms with Crippen LogP contribution in [-0.2, 0) is 0 Å². The number of carbonyl (C=O) groups is 1. The van der Waals surface area contributed by atoms with Crippen molar-refractivity contribution in [2.24, 2.45) is 5.10 Å². The molecule has 0 radical (unpaired) electrons. The van der Waals surface area contributed by atoms with Gasteiger partial charge in [-0.05, 0) is 24.3 Å². The predicted octanol–water partition coefficient (Wildman–Crippen LogP) is -0.0870. The Labute approximate surface area is 116 Å². The molecule has 0 amide bonds. The number of nitrogens with zero attached hydrogens (tertiary/aromatic N) is 1. The maximum Gasteiger partial charge on any atom is 0.335 e. The summed E-state index contributed by atoms with van der Waals surface area (Å²) in [4.78, 5) is 36.9. The highest BCUT2D eigenvalue weighted by Gasteiger charge is 2.05. The van der Waals surface area contributed by atoms with Gasteiger partial charge in [0.1, 0.15) is 5.56 Å². The number of H-pyrrole nitrogens is 2. The van der Waals surface area contributed by atoms with Gasteiger partial charge in [0.05, 0.1) is 17.5 Å². The normalized spacial score (nSPS) is 10.7. The van der Waals surface area contributed by atoms with Crippen LogP contribution in [-0.4, -0.2) is 32.4 Å². The molecular formula is C12H10N4O5. The van der Waals surface area contributed by atoms with Crippen molar-refractivity contribution in [3.05, 3.63) is 56.2 Å². The lowest BCUT2D eigenvalue weighted by Crippen LogP contribution is -2.25. The molecule has 0 unspecified atom stereocenters. The van der Waals surface area contributed by atoms with E-state index in [1.807, 2.05) is 9.97 Å². The Morgan fingerprint density at radius 1 is 1.19 bits per heavy atom. The molecular weight excluding hydrogens is 280 g/mol. The fourth-order valence-electron chi connectivity index (χ4n) is 1.46. The number of aromatic carboxylic acids is 1. The van der Waals surface area contributed by atoms with Crippen LogP contribution in [0.1, 0.15) is 15.9 Å². The number of nitrogens with one attached hydrogen (secondary N) is 3. The highest BCUT2D eigenvalue weighted by atomic mass is 16.4. The van der Waals surface area contributed by atoms with E-state index < -0.39 is 23.1 Å². The number of benzene rings is 1. The standard InChI is InChI=1S/C12H10N4O5/c17-9-8(10(18)15-12(21)14-9)5-13-16-7-3-1-6(2-4-7)11(19)20/h1-5,16H,(H,19,20)(H3,14,15,17,18,21)/b13-5+. The van der Waals surface area contributed by atoms with E-state index in [-0.39, 0.29) is 11.1 Å². The van der Waals surface area contributed by atoms with Crippen molar-refractivity contribution in [3.8, 4) is 5.88 Å². The minimum absolute atomic E-state index is 0.124. The summed E-state index contributed by atoms with van der Waals surface area (Å²) in [5.74, 6) is -1.65. The number of carboxylic acid groups (broad SMARTS) is 1. The Bertz CT molecular complexity index is 804. The van der Waals surface area contributed by atoms with Crippen molar-refractivity contribution in [2.45, 2.75) is 0 Å². The molecule has 2 aromatic rings. The van der Waals surface area contributed by atoms with E-state index in [0.29, 0.717) is 5.69 Å². The van der Waals surface area contributed by atoms with Crippen molar-refractivity contribution in [2.75, 3.05) is 5.43 Å². The zero-order valence-electron chi connectivity index (χ0n) is 10.5. The van der Waals surface area contributed by atoms with Crippen molar-refractivity contribution >= 4 is 17.9 Å². The second-order valence-electron chi connectivity index (χ2n) is 3.92. The second-order valence-corrected chi connectivity index (χ2v) is 3.92. The Morgan fingerprint density at radius 3 is 2.43 bits per heavy atom. The summed E-state index contributed by atoms with van der Waals surface area (Å²) in [7, 11) is 0. The number of aromatic hydroxyl groups is 1. The number of carboxylic acids is 1. The first-order valence-corrected chi connectivity index (χ1v) is 5.65. The van der Waals surface area contributed by atoms with Gasteiger partial charge in [0, 0.05) is 0 Å². The Balaban J connectivity index is 2.14. The van der Waals surface area contributed by atoms with Gasteiger partial charge in [-0.15, -0.1) is 0 Å². The molecule has 0 saturated heterocycles. The number of hydrazone groups is 1. The van der Waals surface area contributed by atoms with E-state index in [9.17, 15) is 19.5 Å². The lowest BCUT2D eigenvalue weighted by atomic mass is 10.2. The monoisotopic (exact) mass is 290 g/mol. The zero-order chi connectivity index (χ0) is 15.4. The summed E-state index contributed by atoms with van der Waals surface area (Å²) in [6, 6.07) is 5.73. The Hall–Kier alpha value is -3.36. The average Bonchev–Trinajstić information content (AvgIpc) is 2.42. The largest absolute Gasteiger partial charge is 0.494 e. The summed E-state index contributed by atoms with van der Waals surface area (Å²) in [5.41, 5.74) is 1.32. The third-order valence-corrected chi connectivity index (χ3v) is 2.48. The maximum absolute atomic E-state index is 11.4. The molecule has 5 N–H and O–H groups in total. The summed E-state index contributed by atoms with van der Waals surface area (Å²) < 4.78 is 0. The van der Waals surface area contributed by atoms with E-state index in [4.69, 9.17) is 5.11 Å². The molecule has 0 bridgehead atoms. The summed E-state index contributed by atoms with van der Waals surface area (Å²) in [6.07, 6.45) is 1.02. The van der Waals surface area contributed by atoms with Gasteiger partial charge in [-0.2, -0.15) is 5.10 Å². The molecule has 0 saturated carbocycles. The molecule has 1 heterocycles. The quantitative estimate of drug-likeness (QED) is 0.392. The van der Waals surface area contributed by atoms with Crippen LogP contribution in [0, 0.1) is 0 Å². The minimum Gasteiger partial charge on any atom is -0.494 e. The number of anilines is 1. The zero-order valence-corrected chi connectivity index (χ0v) is 10.5. The summed E-state index contributed by atoms with van der Waals surface area (Å²) in [5, 5.41) is 21.9. The van der Waals surface area contributed by atoms with Gasteiger partial charge in [0.15, 0.2) is 0 Å². The summed E-state index contributed by atoms with van der Waals surface area (Å²) in [6.45, 7) is 0. The van der Waals surface area contributed by atoms with Gasteiger partial charge < -0.3 is 10.2 Å². The van der Waals surface area contributed by atoms with Gasteiger partial charge in [-0.3, -0.25) is 20.2 Å². The number of rotatable bonds is 4. The predicted molar refractivity (Wildman–Crippen MR) is 74.0 cm³/mol. The van der Waals surface area contributed by atoms with E-state index in [2.05, 4.69) is 10.5 Å². The van der Waals surface area contributed by atoms with Gasteiger partial charge >= 0.3 is 11.7 Å². The molecule has 2 rings (SSSR count). The topological polar surface area (TPSA) is 148 Å². The molecule has 1 aromatic heterocycles. The lowest BCUT2D eigenvalue weighted by molar-refractivity contribution is 0.0697. The minimum atomic E-state index is -1.05. The fourth-order valence-corrected chi connectivity index (χ4v) is 1.46. The molecule has 0 aliphatic rings. The molecule has 0 spiro atoms. The Kier molecular flexibility index (Phi) is 3.84. The molecule has 0 aliphatic carbocycles. The molecule has 0 fully saturated rings. The molecule has 9 heteroatoms. The molecule has 9 nitrogen and oxygen atoms in total. The number of aromatic amines is 2. The van der Waals surface area contributed by atoms with E-state index in [0.717, 1.165) is 6.21 Å². The first kappa shape index (κ1) is 14.1. The molecule has 0 atom stereocenters. The van der Waals surface area contributed by atoms with Gasteiger partial charge in [-0.25, -0.2) is 9.59 Å². The third kappa shape index (κ3) is 3.35. The number of aromatic nitrogens is 2. The number of hydrogen-bond donors (Lipinski definition) is 5. The first-order chi connectivity index (χ1) is 9.97. The maximum atomic E-state index is 11.4. The highest BCUT2D eigenvalue weighted by molar-refractivity contribution is 5.88. The smallest absolute Gasteiger partial charge is 0.335 e. The SMILES string of the molecule is O=C(O)c1ccc(N/N=C/c2c(O)[nH]c(=O)[nH]c2=O)cc1. The number of hydrogen-bond acceptors (Lipinski definition) is 6. The third-order valence-electron chi connectivity index (χ3n) is 2.48. The van der Waals surface area contributed by atoms with Crippen LogP contribution in [0.25, 0.3) is 0 Å². The van der Waals surface area contributed by atoms with Gasteiger partial charge in [-0.1, -0.05) is 0 Å². The average molecular weight is 290 g/mol. The van der Waals surface area contributed by atoms with Crippen molar-refractivity contribution in [1.82, 2.24) is 9.97 Å².